The molecule has 0 aliphatic heterocycles. The minimum Gasteiger partial charge on any atom is -0.370 e. The van der Waals surface area contributed by atoms with Crippen LogP contribution >= 0.6 is 0 Å². The molecule has 0 radical (unpaired) electrons. The average molecular weight is 406 g/mol. The molecule has 2 N–H and O–H groups in total. The number of anilines is 3. The predicted octanol–water partition coefficient (Wildman–Crippen LogP) is 4.12. The van der Waals surface area contributed by atoms with Crippen molar-refractivity contribution in [1.82, 2.24) is 19.7 Å². The zero-order chi connectivity index (χ0) is 20.5. The highest BCUT2D eigenvalue weighted by atomic mass is 19.4. The fourth-order valence-corrected chi connectivity index (χ4v) is 2.87. The van der Waals surface area contributed by atoms with Crippen LogP contribution in [0.2, 0.25) is 0 Å². The van der Waals surface area contributed by atoms with Gasteiger partial charge in [-0.25, -0.2) is 4.98 Å². The number of halogens is 5. The zero-order valence-corrected chi connectivity index (χ0v) is 15.1. The van der Waals surface area contributed by atoms with Crippen molar-refractivity contribution >= 4 is 17.5 Å². The molecule has 1 aliphatic rings. The molecule has 0 amide bonds. The lowest BCUT2D eigenvalue weighted by Crippen LogP contribution is -2.34. The van der Waals surface area contributed by atoms with Crippen LogP contribution in [0.4, 0.5) is 39.4 Å². The van der Waals surface area contributed by atoms with Crippen molar-refractivity contribution in [3.63, 3.8) is 0 Å². The quantitative estimate of drug-likeness (QED) is 0.674. The van der Waals surface area contributed by atoms with Crippen LogP contribution in [0.3, 0.4) is 0 Å². The Hall–Kier alpha value is -2.50. The maximum Gasteiger partial charge on any atom is 0.421 e. The normalized spacial score (nSPS) is 19.6. The molecule has 1 saturated carbocycles. The van der Waals surface area contributed by atoms with Gasteiger partial charge in [-0.05, 0) is 26.7 Å². The fraction of sp³-hybridized carbons (Fsp3) is 0.562. The van der Waals surface area contributed by atoms with Gasteiger partial charge in [0.25, 0.3) is 0 Å². The van der Waals surface area contributed by atoms with Crippen molar-refractivity contribution in [2.75, 3.05) is 17.2 Å². The van der Waals surface area contributed by atoms with Crippen LogP contribution in [-0.4, -0.2) is 39.0 Å². The highest BCUT2D eigenvalue weighted by Gasteiger charge is 2.36. The summed E-state index contributed by atoms with van der Waals surface area (Å²) in [6.45, 7) is 0.831. The van der Waals surface area contributed by atoms with Gasteiger partial charge in [0, 0.05) is 18.9 Å². The average Bonchev–Trinajstić information content (AvgIpc) is 2.90. The summed E-state index contributed by atoms with van der Waals surface area (Å²) < 4.78 is 69.5. The van der Waals surface area contributed by atoms with E-state index in [1.54, 1.807) is 24.7 Å². The van der Waals surface area contributed by atoms with Crippen molar-refractivity contribution in [2.24, 2.45) is 0 Å². The highest BCUT2D eigenvalue weighted by Crippen LogP contribution is 2.37. The van der Waals surface area contributed by atoms with Crippen molar-refractivity contribution in [3.05, 3.63) is 23.7 Å². The molecule has 0 unspecified atom stereocenters. The fourth-order valence-electron chi connectivity index (χ4n) is 2.87. The molecule has 1 fully saturated rings. The molecule has 7 nitrogen and oxygen atoms in total. The molecule has 0 bridgehead atoms. The molecule has 0 atom stereocenters. The van der Waals surface area contributed by atoms with E-state index in [9.17, 15) is 22.0 Å². The van der Waals surface area contributed by atoms with Crippen LogP contribution in [0.15, 0.2) is 12.4 Å². The van der Waals surface area contributed by atoms with Crippen molar-refractivity contribution in [3.8, 4) is 0 Å². The van der Waals surface area contributed by atoms with Gasteiger partial charge in [0.05, 0.1) is 23.5 Å². The molecule has 2 aromatic rings. The molecule has 2 heterocycles. The number of ether oxygens (including phenoxy) is 1. The predicted molar refractivity (Wildman–Crippen MR) is 90.6 cm³/mol. The Morgan fingerprint density at radius 3 is 2.64 bits per heavy atom. The summed E-state index contributed by atoms with van der Waals surface area (Å²) in [7, 11) is 0. The molecule has 3 rings (SSSR count). The Balaban J connectivity index is 1.72. The summed E-state index contributed by atoms with van der Waals surface area (Å²) in [4.78, 5) is 7.64. The second-order valence-electron chi connectivity index (χ2n) is 6.36. The molecular formula is C16H19F5N6O. The van der Waals surface area contributed by atoms with Crippen LogP contribution in [0, 0.1) is 6.92 Å². The first-order chi connectivity index (χ1) is 13.2. The van der Waals surface area contributed by atoms with E-state index in [2.05, 4.69) is 30.4 Å². The molecule has 0 saturated heterocycles. The van der Waals surface area contributed by atoms with Gasteiger partial charge >= 0.3 is 12.8 Å². The van der Waals surface area contributed by atoms with E-state index in [1.165, 1.54) is 0 Å². The second kappa shape index (κ2) is 7.86. The number of aryl methyl sites for hydroxylation is 1. The molecule has 154 valence electrons. The number of nitrogens with zero attached hydrogens (tertiary/aromatic N) is 4. The van der Waals surface area contributed by atoms with Gasteiger partial charge < -0.3 is 15.4 Å². The topological polar surface area (TPSA) is 76.9 Å². The Morgan fingerprint density at radius 2 is 2.04 bits per heavy atom. The Labute approximate surface area is 157 Å². The van der Waals surface area contributed by atoms with Gasteiger partial charge in [0.1, 0.15) is 11.4 Å². The summed E-state index contributed by atoms with van der Waals surface area (Å²) in [6, 6.07) is -0.0798. The largest absolute Gasteiger partial charge is 0.421 e. The minimum atomic E-state index is -4.57. The van der Waals surface area contributed by atoms with E-state index in [-0.39, 0.29) is 24.4 Å². The van der Waals surface area contributed by atoms with Crippen LogP contribution in [0.5, 0.6) is 0 Å². The molecule has 12 heteroatoms. The number of hydrogen-bond acceptors (Lipinski definition) is 6. The maximum absolute atomic E-state index is 13.0. The van der Waals surface area contributed by atoms with E-state index in [0.717, 1.165) is 0 Å². The standard InChI is InChI=1S/C16H19F5N6O/c1-3-22-13-11(16(19,20)21)6-23-15(25-13)24-12-7-27(26-8(12)2)9-4-10(5-9)28-14(17)18/h6-7,9-10,14H,3-5H2,1-2H3,(H2,22,23,24,25). The third-order valence-electron chi connectivity index (χ3n) is 4.34. The molecular weight excluding hydrogens is 387 g/mol. The van der Waals surface area contributed by atoms with Crippen molar-refractivity contribution in [1.29, 1.82) is 0 Å². The number of aromatic nitrogens is 4. The Morgan fingerprint density at radius 1 is 1.32 bits per heavy atom. The second-order valence-corrected chi connectivity index (χ2v) is 6.36. The SMILES string of the molecule is CCNc1nc(Nc2cn(C3CC(OC(F)F)C3)nc2C)ncc1C(F)(F)F. The van der Waals surface area contributed by atoms with Gasteiger partial charge in [-0.15, -0.1) is 0 Å². The first-order valence-electron chi connectivity index (χ1n) is 8.61. The Bertz CT molecular complexity index is 818. The zero-order valence-electron chi connectivity index (χ0n) is 15.1. The third-order valence-corrected chi connectivity index (χ3v) is 4.34. The van der Waals surface area contributed by atoms with E-state index in [1.807, 2.05) is 0 Å². The van der Waals surface area contributed by atoms with Crippen molar-refractivity contribution in [2.45, 2.75) is 51.6 Å². The lowest BCUT2D eigenvalue weighted by Gasteiger charge is -2.34. The van der Waals surface area contributed by atoms with E-state index < -0.39 is 24.5 Å². The maximum atomic E-state index is 13.0. The molecule has 1 aliphatic carbocycles. The summed E-state index contributed by atoms with van der Waals surface area (Å²) in [5.74, 6) is -0.331. The number of rotatable bonds is 7. The molecule has 28 heavy (non-hydrogen) atoms. The summed E-state index contributed by atoms with van der Waals surface area (Å²) in [5, 5.41) is 9.75. The van der Waals surface area contributed by atoms with Gasteiger partial charge in [0.15, 0.2) is 0 Å². The Kier molecular flexibility index (Phi) is 5.68. The monoisotopic (exact) mass is 406 g/mol. The number of alkyl halides is 5. The minimum absolute atomic E-state index is 0.0147. The van der Waals surface area contributed by atoms with Gasteiger partial charge in [-0.3, -0.25) is 4.68 Å². The smallest absolute Gasteiger partial charge is 0.370 e. The van der Waals surface area contributed by atoms with Crippen molar-refractivity contribution < 1.29 is 26.7 Å². The summed E-state index contributed by atoms with van der Waals surface area (Å²) >= 11 is 0. The summed E-state index contributed by atoms with van der Waals surface area (Å²) in [5.41, 5.74) is 0.138. The van der Waals surface area contributed by atoms with E-state index >= 15 is 0 Å². The lowest BCUT2D eigenvalue weighted by molar-refractivity contribution is -0.189. The van der Waals surface area contributed by atoms with E-state index in [0.29, 0.717) is 30.4 Å². The molecule has 0 aromatic carbocycles. The number of nitrogens with one attached hydrogen (secondary N) is 2. The van der Waals surface area contributed by atoms with Gasteiger partial charge in [0.2, 0.25) is 5.95 Å². The van der Waals surface area contributed by atoms with Crippen LogP contribution in [-0.2, 0) is 10.9 Å². The highest BCUT2D eigenvalue weighted by molar-refractivity contribution is 5.58. The van der Waals surface area contributed by atoms with Crippen LogP contribution in [0.1, 0.15) is 37.1 Å². The number of hydrogen-bond donors (Lipinski definition) is 2. The van der Waals surface area contributed by atoms with Gasteiger partial charge in [-0.2, -0.15) is 32.0 Å². The van der Waals surface area contributed by atoms with Crippen LogP contribution in [0.25, 0.3) is 0 Å². The van der Waals surface area contributed by atoms with Crippen LogP contribution < -0.4 is 10.6 Å². The first-order valence-corrected chi connectivity index (χ1v) is 8.61. The first kappa shape index (κ1) is 20.2. The lowest BCUT2D eigenvalue weighted by atomic mass is 9.89. The van der Waals surface area contributed by atoms with E-state index in [4.69, 9.17) is 0 Å². The molecule has 2 aromatic heterocycles. The van der Waals surface area contributed by atoms with Gasteiger partial charge in [-0.1, -0.05) is 0 Å². The summed E-state index contributed by atoms with van der Waals surface area (Å²) in [6.07, 6.45) is -1.90. The molecule has 0 spiro atoms. The third kappa shape index (κ3) is 4.49.